The lowest BCUT2D eigenvalue weighted by Crippen LogP contribution is -2.26. The Bertz CT molecular complexity index is 545. The summed E-state index contributed by atoms with van der Waals surface area (Å²) in [6.45, 7) is 4.36. The fourth-order valence-electron chi connectivity index (χ4n) is 3.63. The molecule has 0 spiro atoms. The van der Waals surface area contributed by atoms with Gasteiger partial charge in [0.1, 0.15) is 5.82 Å². The van der Waals surface area contributed by atoms with E-state index in [1.807, 2.05) is 6.92 Å². The second-order valence-electron chi connectivity index (χ2n) is 6.98. The Kier molecular flexibility index (Phi) is 7.29. The van der Waals surface area contributed by atoms with Crippen LogP contribution in [0.3, 0.4) is 0 Å². The molecule has 1 saturated heterocycles. The normalized spacial score (nSPS) is 21.5. The maximum absolute atomic E-state index is 14.8. The standard InChI is InChI=1S/C20H28F4O/c1-3-5-6-8-14-10-12-17(19(21)18(14)20(22,23)24)15-9-11-16(7-4-2)25-13-15/h10,12,15-16H,3-9,11,13H2,1-2H3. The average molecular weight is 360 g/mol. The molecule has 0 N–H and O–H groups in total. The molecule has 142 valence electrons. The molecule has 1 aliphatic heterocycles. The van der Waals surface area contributed by atoms with E-state index in [9.17, 15) is 17.6 Å². The number of unbranched alkanes of at least 4 members (excludes halogenated alkanes) is 2. The van der Waals surface area contributed by atoms with Crippen LogP contribution in [0.15, 0.2) is 12.1 Å². The third-order valence-corrected chi connectivity index (χ3v) is 5.01. The van der Waals surface area contributed by atoms with Crippen molar-refractivity contribution in [1.82, 2.24) is 0 Å². The van der Waals surface area contributed by atoms with Crippen LogP contribution in [-0.4, -0.2) is 12.7 Å². The molecular weight excluding hydrogens is 332 g/mol. The Labute approximate surface area is 147 Å². The van der Waals surface area contributed by atoms with Crippen LogP contribution in [0.5, 0.6) is 0 Å². The van der Waals surface area contributed by atoms with Crippen molar-refractivity contribution in [2.45, 2.75) is 83.4 Å². The first-order valence-electron chi connectivity index (χ1n) is 9.38. The predicted octanol–water partition coefficient (Wildman–Crippen LogP) is 6.64. The molecule has 1 heterocycles. The fraction of sp³-hybridized carbons (Fsp3) is 0.700. The zero-order valence-corrected chi connectivity index (χ0v) is 15.1. The van der Waals surface area contributed by atoms with E-state index in [1.54, 1.807) is 6.07 Å². The lowest BCUT2D eigenvalue weighted by molar-refractivity contribution is -0.140. The van der Waals surface area contributed by atoms with Gasteiger partial charge < -0.3 is 4.74 Å². The zero-order valence-electron chi connectivity index (χ0n) is 15.1. The van der Waals surface area contributed by atoms with Gasteiger partial charge in [0.25, 0.3) is 0 Å². The third kappa shape index (κ3) is 5.19. The monoisotopic (exact) mass is 360 g/mol. The lowest BCUT2D eigenvalue weighted by atomic mass is 9.87. The molecular formula is C20H28F4O. The maximum atomic E-state index is 14.8. The van der Waals surface area contributed by atoms with Crippen molar-refractivity contribution in [2.24, 2.45) is 0 Å². The first-order valence-corrected chi connectivity index (χ1v) is 9.38. The number of hydrogen-bond donors (Lipinski definition) is 0. The summed E-state index contributed by atoms with van der Waals surface area (Å²) in [7, 11) is 0. The van der Waals surface area contributed by atoms with Crippen LogP contribution in [0.1, 0.15) is 81.4 Å². The van der Waals surface area contributed by atoms with E-state index in [2.05, 4.69) is 6.92 Å². The predicted molar refractivity (Wildman–Crippen MR) is 91.3 cm³/mol. The Balaban J connectivity index is 2.23. The molecule has 25 heavy (non-hydrogen) atoms. The highest BCUT2D eigenvalue weighted by Crippen LogP contribution is 2.39. The Morgan fingerprint density at radius 2 is 1.84 bits per heavy atom. The van der Waals surface area contributed by atoms with E-state index in [0.717, 1.165) is 32.1 Å². The second-order valence-corrected chi connectivity index (χ2v) is 6.98. The van der Waals surface area contributed by atoms with Crippen LogP contribution in [0, 0.1) is 5.82 Å². The Hall–Kier alpha value is -1.10. The van der Waals surface area contributed by atoms with E-state index in [0.29, 0.717) is 19.4 Å². The van der Waals surface area contributed by atoms with E-state index in [4.69, 9.17) is 4.74 Å². The van der Waals surface area contributed by atoms with Gasteiger partial charge in [-0.3, -0.25) is 0 Å². The average Bonchev–Trinajstić information content (AvgIpc) is 2.55. The molecule has 0 amide bonds. The Morgan fingerprint density at radius 1 is 1.08 bits per heavy atom. The van der Waals surface area contributed by atoms with E-state index in [1.165, 1.54) is 6.07 Å². The van der Waals surface area contributed by atoms with Gasteiger partial charge in [-0.15, -0.1) is 0 Å². The molecule has 5 heteroatoms. The molecule has 0 aliphatic carbocycles. The van der Waals surface area contributed by atoms with Crippen molar-refractivity contribution in [2.75, 3.05) is 6.61 Å². The lowest BCUT2D eigenvalue weighted by Gasteiger charge is -2.30. The molecule has 1 nitrogen and oxygen atoms in total. The summed E-state index contributed by atoms with van der Waals surface area (Å²) >= 11 is 0. The fourth-order valence-corrected chi connectivity index (χ4v) is 3.63. The van der Waals surface area contributed by atoms with E-state index in [-0.39, 0.29) is 29.6 Å². The summed E-state index contributed by atoms with van der Waals surface area (Å²) < 4.78 is 60.9. The molecule has 0 radical (unpaired) electrons. The number of hydrogen-bond acceptors (Lipinski definition) is 1. The zero-order chi connectivity index (χ0) is 18.4. The SMILES string of the molecule is CCCCCc1ccc(C2CCC(CCC)OC2)c(F)c1C(F)(F)F. The largest absolute Gasteiger partial charge is 0.419 e. The number of ether oxygens (including phenoxy) is 1. The van der Waals surface area contributed by atoms with Crippen molar-refractivity contribution in [1.29, 1.82) is 0 Å². The Morgan fingerprint density at radius 3 is 2.40 bits per heavy atom. The molecule has 0 aromatic heterocycles. The number of aryl methyl sites for hydroxylation is 1. The summed E-state index contributed by atoms with van der Waals surface area (Å²) in [6, 6.07) is 3.01. The molecule has 2 atom stereocenters. The van der Waals surface area contributed by atoms with Crippen LogP contribution in [0.2, 0.25) is 0 Å². The third-order valence-electron chi connectivity index (χ3n) is 5.01. The van der Waals surface area contributed by atoms with Crippen molar-refractivity contribution in [3.8, 4) is 0 Å². The van der Waals surface area contributed by atoms with Gasteiger partial charge >= 0.3 is 6.18 Å². The topological polar surface area (TPSA) is 9.23 Å². The van der Waals surface area contributed by atoms with Crippen LogP contribution in [-0.2, 0) is 17.3 Å². The minimum Gasteiger partial charge on any atom is -0.378 e. The smallest absolute Gasteiger partial charge is 0.378 e. The quantitative estimate of drug-likeness (QED) is 0.391. The molecule has 1 aromatic rings. The van der Waals surface area contributed by atoms with Gasteiger partial charge in [-0.05, 0) is 43.2 Å². The van der Waals surface area contributed by atoms with Crippen molar-refractivity contribution < 1.29 is 22.3 Å². The number of rotatable bonds is 7. The van der Waals surface area contributed by atoms with Gasteiger partial charge in [0, 0.05) is 5.92 Å². The van der Waals surface area contributed by atoms with Crippen LogP contribution in [0.4, 0.5) is 17.6 Å². The molecule has 1 fully saturated rings. The van der Waals surface area contributed by atoms with Gasteiger partial charge in [-0.1, -0.05) is 45.2 Å². The highest BCUT2D eigenvalue weighted by Gasteiger charge is 2.39. The summed E-state index contributed by atoms with van der Waals surface area (Å²) in [6.07, 6.45) is 1.56. The first kappa shape index (κ1) is 20.2. The van der Waals surface area contributed by atoms with E-state index >= 15 is 0 Å². The van der Waals surface area contributed by atoms with E-state index < -0.39 is 17.6 Å². The molecule has 0 bridgehead atoms. The summed E-state index contributed by atoms with van der Waals surface area (Å²) in [5.41, 5.74) is -0.846. The minimum atomic E-state index is -4.66. The molecule has 1 aromatic carbocycles. The number of benzene rings is 1. The van der Waals surface area contributed by atoms with Gasteiger partial charge in [-0.25, -0.2) is 4.39 Å². The van der Waals surface area contributed by atoms with Crippen molar-refractivity contribution in [3.63, 3.8) is 0 Å². The molecule has 0 saturated carbocycles. The van der Waals surface area contributed by atoms with Gasteiger partial charge in [-0.2, -0.15) is 13.2 Å². The van der Waals surface area contributed by atoms with Crippen molar-refractivity contribution in [3.05, 3.63) is 34.6 Å². The number of alkyl halides is 3. The highest BCUT2D eigenvalue weighted by atomic mass is 19.4. The van der Waals surface area contributed by atoms with Crippen LogP contribution < -0.4 is 0 Å². The van der Waals surface area contributed by atoms with Crippen LogP contribution in [0.25, 0.3) is 0 Å². The van der Waals surface area contributed by atoms with Crippen molar-refractivity contribution >= 4 is 0 Å². The van der Waals surface area contributed by atoms with Gasteiger partial charge in [0.2, 0.25) is 0 Å². The second kappa shape index (κ2) is 9.02. The summed E-state index contributed by atoms with van der Waals surface area (Å²) in [4.78, 5) is 0. The summed E-state index contributed by atoms with van der Waals surface area (Å²) in [5.74, 6) is -1.39. The van der Waals surface area contributed by atoms with Gasteiger partial charge in [0.15, 0.2) is 0 Å². The minimum absolute atomic E-state index is 0.0720. The van der Waals surface area contributed by atoms with Gasteiger partial charge in [0.05, 0.1) is 18.3 Å². The first-order chi connectivity index (χ1) is 11.9. The van der Waals surface area contributed by atoms with Crippen LogP contribution >= 0.6 is 0 Å². The summed E-state index contributed by atoms with van der Waals surface area (Å²) in [5, 5.41) is 0. The molecule has 2 rings (SSSR count). The number of halogens is 4. The highest BCUT2D eigenvalue weighted by molar-refractivity contribution is 5.38. The maximum Gasteiger partial charge on any atom is 0.419 e. The molecule has 1 aliphatic rings. The molecule has 2 unspecified atom stereocenters.